The standard InChI is InChI=1S/C17H16N2O2S2/c1-13-5-2-6-14(11-13)17-15(7-3-9-18-17)12-19-23(20,21)16-8-4-10-22-16/h2-11,19H,12H2,1H3. The molecule has 0 radical (unpaired) electrons. The van der Waals surface area contributed by atoms with Crippen LogP contribution in [0.2, 0.25) is 0 Å². The lowest BCUT2D eigenvalue weighted by molar-refractivity contribution is 0.583. The molecule has 3 aromatic rings. The van der Waals surface area contributed by atoms with Crippen molar-refractivity contribution in [1.29, 1.82) is 0 Å². The molecule has 1 N–H and O–H groups in total. The fourth-order valence-electron chi connectivity index (χ4n) is 2.29. The maximum Gasteiger partial charge on any atom is 0.250 e. The second-order valence-electron chi connectivity index (χ2n) is 5.14. The van der Waals surface area contributed by atoms with E-state index in [1.165, 1.54) is 11.3 Å². The second-order valence-corrected chi connectivity index (χ2v) is 8.08. The zero-order chi connectivity index (χ0) is 16.3. The van der Waals surface area contributed by atoms with Crippen molar-refractivity contribution < 1.29 is 8.42 Å². The summed E-state index contributed by atoms with van der Waals surface area (Å²) in [6.07, 6.45) is 1.72. The molecule has 2 heterocycles. The van der Waals surface area contributed by atoms with Crippen LogP contribution < -0.4 is 4.72 Å². The zero-order valence-electron chi connectivity index (χ0n) is 12.6. The third-order valence-corrected chi connectivity index (χ3v) is 6.19. The lowest BCUT2D eigenvalue weighted by Gasteiger charge is -2.10. The maximum absolute atomic E-state index is 12.2. The molecule has 0 spiro atoms. The minimum Gasteiger partial charge on any atom is -0.256 e. The van der Waals surface area contributed by atoms with Gasteiger partial charge in [0.25, 0.3) is 0 Å². The summed E-state index contributed by atoms with van der Waals surface area (Å²) in [6.45, 7) is 2.23. The summed E-state index contributed by atoms with van der Waals surface area (Å²) in [7, 11) is -3.48. The van der Waals surface area contributed by atoms with E-state index in [0.717, 1.165) is 22.4 Å². The average Bonchev–Trinajstić information content (AvgIpc) is 3.09. The first-order valence-electron chi connectivity index (χ1n) is 7.10. The highest BCUT2D eigenvalue weighted by Crippen LogP contribution is 2.23. The summed E-state index contributed by atoms with van der Waals surface area (Å²) < 4.78 is 27.5. The van der Waals surface area contributed by atoms with Crippen LogP contribution in [-0.4, -0.2) is 13.4 Å². The maximum atomic E-state index is 12.2. The average molecular weight is 344 g/mol. The number of nitrogens with one attached hydrogen (secondary N) is 1. The van der Waals surface area contributed by atoms with E-state index in [0.29, 0.717) is 4.21 Å². The lowest BCUT2D eigenvalue weighted by atomic mass is 10.0. The molecule has 2 aromatic heterocycles. The van der Waals surface area contributed by atoms with Gasteiger partial charge in [-0.15, -0.1) is 11.3 Å². The number of nitrogens with zero attached hydrogens (tertiary/aromatic N) is 1. The molecule has 0 atom stereocenters. The van der Waals surface area contributed by atoms with Gasteiger partial charge in [-0.25, -0.2) is 13.1 Å². The van der Waals surface area contributed by atoms with Gasteiger partial charge >= 0.3 is 0 Å². The Morgan fingerprint density at radius 1 is 1.13 bits per heavy atom. The molecule has 23 heavy (non-hydrogen) atoms. The van der Waals surface area contributed by atoms with E-state index in [4.69, 9.17) is 0 Å². The van der Waals surface area contributed by atoms with Crippen LogP contribution >= 0.6 is 11.3 Å². The third kappa shape index (κ3) is 3.67. The Balaban J connectivity index is 1.87. The van der Waals surface area contributed by atoms with E-state index in [9.17, 15) is 8.42 Å². The highest BCUT2D eigenvalue weighted by molar-refractivity contribution is 7.91. The monoisotopic (exact) mass is 344 g/mol. The molecule has 4 nitrogen and oxygen atoms in total. The Bertz CT molecular complexity index is 904. The fourth-order valence-corrected chi connectivity index (χ4v) is 4.34. The van der Waals surface area contributed by atoms with Gasteiger partial charge < -0.3 is 0 Å². The van der Waals surface area contributed by atoms with Crippen LogP contribution in [0.4, 0.5) is 0 Å². The van der Waals surface area contributed by atoms with E-state index in [-0.39, 0.29) is 6.54 Å². The Kier molecular flexibility index (Phi) is 4.56. The number of thiophene rings is 1. The molecule has 0 saturated carbocycles. The van der Waals surface area contributed by atoms with E-state index >= 15 is 0 Å². The third-order valence-electron chi connectivity index (χ3n) is 3.40. The summed E-state index contributed by atoms with van der Waals surface area (Å²) in [5.74, 6) is 0. The van der Waals surface area contributed by atoms with Gasteiger partial charge in [-0.2, -0.15) is 0 Å². The van der Waals surface area contributed by atoms with E-state index in [1.807, 2.05) is 43.3 Å². The van der Waals surface area contributed by atoms with Crippen molar-refractivity contribution in [2.75, 3.05) is 0 Å². The van der Waals surface area contributed by atoms with Crippen molar-refractivity contribution >= 4 is 21.4 Å². The van der Waals surface area contributed by atoms with E-state index in [1.54, 1.807) is 23.7 Å². The van der Waals surface area contributed by atoms with Gasteiger partial charge in [0, 0.05) is 18.3 Å². The predicted molar refractivity (Wildman–Crippen MR) is 92.8 cm³/mol. The molecule has 0 aliphatic rings. The van der Waals surface area contributed by atoms with Gasteiger partial charge in [-0.05, 0) is 36.1 Å². The molecule has 1 aromatic carbocycles. The van der Waals surface area contributed by atoms with Crippen LogP contribution in [0.5, 0.6) is 0 Å². The predicted octanol–water partition coefficient (Wildman–Crippen LogP) is 3.60. The SMILES string of the molecule is Cc1cccc(-c2ncccc2CNS(=O)(=O)c2cccs2)c1. The minimum absolute atomic E-state index is 0.206. The first-order valence-corrected chi connectivity index (χ1v) is 9.47. The number of rotatable bonds is 5. The Morgan fingerprint density at radius 3 is 2.74 bits per heavy atom. The lowest BCUT2D eigenvalue weighted by Crippen LogP contribution is -2.22. The van der Waals surface area contributed by atoms with Crippen LogP contribution in [-0.2, 0) is 16.6 Å². The highest BCUT2D eigenvalue weighted by Gasteiger charge is 2.16. The van der Waals surface area contributed by atoms with Gasteiger partial charge in [0.15, 0.2) is 0 Å². The van der Waals surface area contributed by atoms with Gasteiger partial charge in [0.2, 0.25) is 10.0 Å². The summed E-state index contributed by atoms with van der Waals surface area (Å²) in [6, 6.07) is 15.0. The molecule has 0 fully saturated rings. The van der Waals surface area contributed by atoms with Crippen molar-refractivity contribution in [3.8, 4) is 11.3 Å². The zero-order valence-corrected chi connectivity index (χ0v) is 14.2. The molecule has 0 saturated heterocycles. The minimum atomic E-state index is -3.48. The normalized spacial score (nSPS) is 11.5. The molecule has 3 rings (SSSR count). The van der Waals surface area contributed by atoms with Crippen molar-refractivity contribution in [2.24, 2.45) is 0 Å². The molecular weight excluding hydrogens is 328 g/mol. The molecule has 6 heteroatoms. The number of aromatic nitrogens is 1. The van der Waals surface area contributed by atoms with Gasteiger partial charge in [-0.1, -0.05) is 35.9 Å². The molecule has 0 aliphatic heterocycles. The molecule has 0 amide bonds. The highest BCUT2D eigenvalue weighted by atomic mass is 32.2. The summed E-state index contributed by atoms with van der Waals surface area (Å²) >= 11 is 1.20. The fraction of sp³-hybridized carbons (Fsp3) is 0.118. The Labute approximate surface area is 139 Å². The Hall–Kier alpha value is -2.02. The number of benzene rings is 1. The molecular formula is C17H16N2O2S2. The number of hydrogen-bond donors (Lipinski definition) is 1. The van der Waals surface area contributed by atoms with E-state index in [2.05, 4.69) is 9.71 Å². The van der Waals surface area contributed by atoms with Crippen LogP contribution in [0.1, 0.15) is 11.1 Å². The largest absolute Gasteiger partial charge is 0.256 e. The molecule has 0 bridgehead atoms. The van der Waals surface area contributed by atoms with Crippen LogP contribution in [0.25, 0.3) is 11.3 Å². The van der Waals surface area contributed by atoms with Crippen LogP contribution in [0.15, 0.2) is 64.3 Å². The van der Waals surface area contributed by atoms with Crippen LogP contribution in [0, 0.1) is 6.92 Å². The quantitative estimate of drug-likeness (QED) is 0.769. The summed E-state index contributed by atoms with van der Waals surface area (Å²) in [5, 5.41) is 1.75. The second kappa shape index (κ2) is 6.62. The summed E-state index contributed by atoms with van der Waals surface area (Å²) in [4.78, 5) is 4.42. The molecule has 0 aliphatic carbocycles. The van der Waals surface area contributed by atoms with Crippen molar-refractivity contribution in [3.05, 3.63) is 71.2 Å². The summed E-state index contributed by atoms with van der Waals surface area (Å²) in [5.41, 5.74) is 3.76. The van der Waals surface area contributed by atoms with Gasteiger partial charge in [-0.3, -0.25) is 4.98 Å². The van der Waals surface area contributed by atoms with Gasteiger partial charge in [0.1, 0.15) is 4.21 Å². The van der Waals surface area contributed by atoms with Crippen molar-refractivity contribution in [3.63, 3.8) is 0 Å². The number of sulfonamides is 1. The first-order chi connectivity index (χ1) is 11.1. The van der Waals surface area contributed by atoms with Gasteiger partial charge in [0.05, 0.1) is 5.69 Å². The molecule has 118 valence electrons. The smallest absolute Gasteiger partial charge is 0.250 e. The molecule has 0 unspecified atom stereocenters. The van der Waals surface area contributed by atoms with E-state index < -0.39 is 10.0 Å². The number of pyridine rings is 1. The Morgan fingerprint density at radius 2 is 2.00 bits per heavy atom. The topological polar surface area (TPSA) is 59.1 Å². The number of aryl methyl sites for hydroxylation is 1. The van der Waals surface area contributed by atoms with Crippen molar-refractivity contribution in [1.82, 2.24) is 9.71 Å². The first kappa shape index (κ1) is 15.9. The van der Waals surface area contributed by atoms with Crippen molar-refractivity contribution in [2.45, 2.75) is 17.7 Å². The number of hydrogen-bond acceptors (Lipinski definition) is 4. The van der Waals surface area contributed by atoms with Crippen LogP contribution in [0.3, 0.4) is 0 Å².